The predicted molar refractivity (Wildman–Crippen MR) is 94.8 cm³/mol. The Morgan fingerprint density at radius 3 is 1.86 bits per heavy atom. The molecule has 3 aromatic rings. The summed E-state index contributed by atoms with van der Waals surface area (Å²) in [6.07, 6.45) is 0. The zero-order chi connectivity index (χ0) is 14.4. The summed E-state index contributed by atoms with van der Waals surface area (Å²) < 4.78 is 3.87. The van der Waals surface area contributed by atoms with E-state index in [2.05, 4.69) is 82.7 Å². The molecule has 0 bridgehead atoms. The van der Waals surface area contributed by atoms with Crippen LogP contribution >= 0.6 is 0 Å². The third-order valence-corrected chi connectivity index (χ3v) is 10.3. The van der Waals surface area contributed by atoms with E-state index < -0.39 is 8.07 Å². The van der Waals surface area contributed by atoms with Crippen LogP contribution in [-0.2, 0) is 0 Å². The van der Waals surface area contributed by atoms with Gasteiger partial charge in [0.15, 0.2) is 0 Å². The third kappa shape index (κ3) is 1.96. The molecule has 1 nitrogen and oxygen atoms in total. The summed E-state index contributed by atoms with van der Waals surface area (Å²) in [7, 11) is -1.60. The van der Waals surface area contributed by atoms with Crippen molar-refractivity contribution in [3.8, 4) is 0 Å². The molecule has 3 heteroatoms. The molecule has 2 heterocycles. The second-order valence-electron chi connectivity index (χ2n) is 5.95. The van der Waals surface area contributed by atoms with Crippen molar-refractivity contribution in [1.82, 2.24) is 0 Å². The molecule has 0 N–H and O–H groups in total. The van der Waals surface area contributed by atoms with Crippen LogP contribution in [0.4, 0.5) is 15.1 Å². The first-order valence-corrected chi connectivity index (χ1v) is 12.7. The van der Waals surface area contributed by atoms with Gasteiger partial charge in [0.25, 0.3) is 0 Å². The molecule has 0 amide bonds. The first-order chi connectivity index (χ1) is 10.2. The Hall–Kier alpha value is -1.27. The zero-order valence-corrected chi connectivity index (χ0v) is 15.5. The van der Waals surface area contributed by atoms with Gasteiger partial charge in [-0.25, -0.2) is 0 Å². The summed E-state index contributed by atoms with van der Waals surface area (Å²) in [4.78, 5) is 2.52. The van der Waals surface area contributed by atoms with Crippen molar-refractivity contribution in [2.75, 3.05) is 4.90 Å². The van der Waals surface area contributed by atoms with Gasteiger partial charge in [-0.1, -0.05) is 0 Å². The molecule has 0 atom stereocenters. The summed E-state index contributed by atoms with van der Waals surface area (Å²) in [5.41, 5.74) is 2.82. The van der Waals surface area contributed by atoms with E-state index in [-0.39, 0.29) is 20.4 Å². The maximum atomic E-state index is 2.52. The maximum absolute atomic E-state index is 2.52. The van der Waals surface area contributed by atoms with Crippen LogP contribution in [0.1, 0.15) is 0 Å². The molecule has 104 valence electrons. The van der Waals surface area contributed by atoms with Gasteiger partial charge in [-0.3, -0.25) is 0 Å². The molecule has 0 saturated heterocycles. The first kappa shape index (κ1) is 13.4. The van der Waals surface area contributed by atoms with E-state index in [1.807, 2.05) is 0 Å². The van der Waals surface area contributed by atoms with E-state index >= 15 is 0 Å². The molecular weight excluding hydrogens is 386 g/mol. The number of benzene rings is 2. The number of anilines is 3. The average Bonchev–Trinajstić information content (AvgIpc) is 3.02. The standard InChI is InChI=1S/C18H17NSiTe/c1-20(2)16-10-5-3-8-14(16)19(18-12-7-13-21-18)15-9-4-6-11-17(15)20/h3-13H,1-2H3. The van der Waals surface area contributed by atoms with Crippen molar-refractivity contribution in [3.05, 3.63) is 64.7 Å². The van der Waals surface area contributed by atoms with Crippen molar-refractivity contribution in [1.29, 1.82) is 0 Å². The predicted octanol–water partition coefficient (Wildman–Crippen LogP) is 3.35. The van der Waals surface area contributed by atoms with Crippen LogP contribution < -0.4 is 15.3 Å². The van der Waals surface area contributed by atoms with Gasteiger partial charge in [-0.15, -0.1) is 0 Å². The number of fused-ring (bicyclic) bond motifs is 2. The SMILES string of the molecule is C[Si]1(C)c2ccccc2N(c2ccc[te]2)c2ccccc21. The summed E-state index contributed by atoms with van der Waals surface area (Å²) in [6, 6.07) is 22.5. The van der Waals surface area contributed by atoms with Crippen molar-refractivity contribution in [2.45, 2.75) is 13.1 Å². The van der Waals surface area contributed by atoms with Gasteiger partial charge in [0, 0.05) is 0 Å². The Morgan fingerprint density at radius 2 is 1.33 bits per heavy atom. The van der Waals surface area contributed by atoms with E-state index in [0.717, 1.165) is 0 Å². The van der Waals surface area contributed by atoms with Crippen molar-refractivity contribution >= 4 is 54.0 Å². The van der Waals surface area contributed by atoms with Crippen molar-refractivity contribution in [3.63, 3.8) is 0 Å². The quantitative estimate of drug-likeness (QED) is 0.564. The Kier molecular flexibility index (Phi) is 3.11. The minimum absolute atomic E-state index is 0.198. The number of hydrogen-bond donors (Lipinski definition) is 0. The number of para-hydroxylation sites is 2. The van der Waals surface area contributed by atoms with E-state index in [0.29, 0.717) is 0 Å². The molecule has 21 heavy (non-hydrogen) atoms. The minimum atomic E-state index is -1.60. The number of hydrogen-bond acceptors (Lipinski definition) is 1. The Labute approximate surface area is 136 Å². The van der Waals surface area contributed by atoms with E-state index in [1.165, 1.54) is 15.1 Å². The van der Waals surface area contributed by atoms with E-state index in [9.17, 15) is 0 Å². The second kappa shape index (κ2) is 4.88. The topological polar surface area (TPSA) is 3.24 Å². The summed E-state index contributed by atoms with van der Waals surface area (Å²) in [6.45, 7) is 4.94. The summed E-state index contributed by atoms with van der Waals surface area (Å²) >= 11 is -0.198. The molecule has 0 unspecified atom stereocenters. The van der Waals surface area contributed by atoms with Gasteiger partial charge in [0.1, 0.15) is 0 Å². The zero-order valence-electron chi connectivity index (χ0n) is 12.2. The second-order valence-corrected chi connectivity index (χ2v) is 12.9. The molecule has 0 radical (unpaired) electrons. The first-order valence-electron chi connectivity index (χ1n) is 7.22. The van der Waals surface area contributed by atoms with Gasteiger partial charge in [0.2, 0.25) is 0 Å². The fourth-order valence-electron chi connectivity index (χ4n) is 3.30. The Balaban J connectivity index is 2.06. The van der Waals surface area contributed by atoms with Crippen molar-refractivity contribution < 1.29 is 0 Å². The molecule has 1 aliphatic rings. The Morgan fingerprint density at radius 1 is 0.762 bits per heavy atom. The Bertz CT molecular complexity index is 743. The average molecular weight is 403 g/mol. The van der Waals surface area contributed by atoms with Crippen LogP contribution in [0.15, 0.2) is 64.7 Å². The van der Waals surface area contributed by atoms with Crippen LogP contribution in [0.5, 0.6) is 0 Å². The van der Waals surface area contributed by atoms with Gasteiger partial charge < -0.3 is 0 Å². The molecule has 1 aliphatic heterocycles. The summed E-state index contributed by atoms with van der Waals surface area (Å²) in [5.74, 6) is 0. The van der Waals surface area contributed by atoms with Gasteiger partial charge in [-0.2, -0.15) is 0 Å². The molecule has 0 aliphatic carbocycles. The normalized spacial score (nSPS) is 15.4. The molecular formula is C18H17NSiTe. The van der Waals surface area contributed by atoms with Crippen LogP contribution in [-0.4, -0.2) is 28.5 Å². The van der Waals surface area contributed by atoms with E-state index in [1.54, 1.807) is 10.4 Å². The number of rotatable bonds is 1. The summed E-state index contributed by atoms with van der Waals surface area (Å²) in [5, 5.41) is 3.12. The molecule has 2 aromatic carbocycles. The molecule has 1 aromatic heterocycles. The molecule has 0 spiro atoms. The number of nitrogens with zero attached hydrogens (tertiary/aromatic N) is 1. The monoisotopic (exact) mass is 405 g/mol. The van der Waals surface area contributed by atoms with Gasteiger partial charge in [0.05, 0.1) is 0 Å². The molecule has 0 saturated carbocycles. The van der Waals surface area contributed by atoms with Crippen LogP contribution in [0.25, 0.3) is 0 Å². The molecule has 4 rings (SSSR count). The van der Waals surface area contributed by atoms with Crippen LogP contribution in [0.2, 0.25) is 13.1 Å². The fourth-order valence-corrected chi connectivity index (χ4v) is 8.45. The van der Waals surface area contributed by atoms with Crippen LogP contribution in [0.3, 0.4) is 0 Å². The van der Waals surface area contributed by atoms with Gasteiger partial charge in [-0.05, 0) is 0 Å². The third-order valence-electron chi connectivity index (χ3n) is 4.36. The molecule has 0 fully saturated rings. The van der Waals surface area contributed by atoms with E-state index in [4.69, 9.17) is 0 Å². The fraction of sp³-hybridized carbons (Fsp3) is 0.111. The van der Waals surface area contributed by atoms with Gasteiger partial charge >= 0.3 is 137 Å². The van der Waals surface area contributed by atoms with Crippen molar-refractivity contribution in [2.24, 2.45) is 0 Å². The van der Waals surface area contributed by atoms with Crippen LogP contribution in [0, 0.1) is 0 Å².